The molecule has 4 aromatic rings. The maximum absolute atomic E-state index is 13.0. The second-order valence-electron chi connectivity index (χ2n) is 13.9. The van der Waals surface area contributed by atoms with Crippen molar-refractivity contribution in [3.05, 3.63) is 90.1 Å². The SMILES string of the molecule is CC[BH-](CC)CC.COc1ccc(CNc2nccc3c(NCC45CN(C(=O)OCc6ccccc6)C(CO)(C4)C5)cccc23)c(OC)c1.[Li+]. The summed E-state index contributed by atoms with van der Waals surface area (Å²) in [5, 5.41) is 19.4. The minimum Gasteiger partial charge on any atom is -0.497 e. The van der Waals surface area contributed by atoms with Crippen LogP contribution in [0.15, 0.2) is 79.0 Å². The number of methoxy groups -OCH3 is 2. The van der Waals surface area contributed by atoms with Crippen molar-refractivity contribution in [3.63, 3.8) is 0 Å². The van der Waals surface area contributed by atoms with Crippen LogP contribution in [0.3, 0.4) is 0 Å². The summed E-state index contributed by atoms with van der Waals surface area (Å²) in [5.41, 5.74) is 2.28. The van der Waals surface area contributed by atoms with Crippen molar-refractivity contribution in [2.24, 2.45) is 5.41 Å². The predicted molar refractivity (Wildman–Crippen MR) is 201 cm³/mol. The zero-order chi connectivity index (χ0) is 34.9. The number of hydrogen-bond donors (Lipinski definition) is 3. The molecule has 1 aliphatic carbocycles. The Morgan fingerprint density at radius 2 is 1.66 bits per heavy atom. The number of aliphatic hydroxyl groups excluding tert-OH is 1. The Balaban J connectivity index is 0.000000638. The number of ether oxygens (including phenoxy) is 3. The van der Waals surface area contributed by atoms with Crippen LogP contribution < -0.4 is 39.0 Å². The van der Waals surface area contributed by atoms with E-state index in [0.717, 1.165) is 57.7 Å². The fraction of sp³-hybridized carbons (Fsp3) is 0.436. The third-order valence-corrected chi connectivity index (χ3v) is 10.7. The summed E-state index contributed by atoms with van der Waals surface area (Å²) in [7, 11) is 3.28. The first-order valence-electron chi connectivity index (χ1n) is 17.8. The average molecular weight is 675 g/mol. The van der Waals surface area contributed by atoms with E-state index in [4.69, 9.17) is 14.2 Å². The second kappa shape index (κ2) is 17.9. The van der Waals surface area contributed by atoms with Gasteiger partial charge in [-0.1, -0.05) is 63.2 Å². The Labute approximate surface area is 309 Å². The van der Waals surface area contributed by atoms with E-state index >= 15 is 0 Å². The molecule has 7 rings (SSSR count). The van der Waals surface area contributed by atoms with Crippen LogP contribution in [0.2, 0.25) is 19.0 Å². The molecule has 3 aliphatic rings. The number of aromatic nitrogens is 1. The van der Waals surface area contributed by atoms with Crippen molar-refractivity contribution < 1.29 is 43.0 Å². The average Bonchev–Trinajstić information content (AvgIpc) is 3.65. The van der Waals surface area contributed by atoms with Crippen LogP contribution >= 0.6 is 0 Å². The summed E-state index contributed by atoms with van der Waals surface area (Å²) in [6.07, 6.45) is 7.24. The van der Waals surface area contributed by atoms with Crippen LogP contribution in [0.1, 0.15) is 44.7 Å². The normalized spacial score (nSPS) is 18.7. The van der Waals surface area contributed by atoms with Crippen LogP contribution in [-0.4, -0.2) is 67.3 Å². The molecule has 262 valence electrons. The predicted octanol–water partition coefficient (Wildman–Crippen LogP) is 4.72. The molecule has 1 aromatic heterocycles. The monoisotopic (exact) mass is 674 g/mol. The van der Waals surface area contributed by atoms with Crippen molar-refractivity contribution in [2.45, 2.75) is 71.3 Å². The number of nitrogens with one attached hydrogen (secondary N) is 2. The van der Waals surface area contributed by atoms with E-state index in [1.807, 2.05) is 60.7 Å². The van der Waals surface area contributed by atoms with Gasteiger partial charge in [0.05, 0.1) is 26.4 Å². The van der Waals surface area contributed by atoms with Gasteiger partial charge in [0.1, 0.15) is 23.9 Å². The molecule has 3 fully saturated rings. The van der Waals surface area contributed by atoms with Gasteiger partial charge in [0, 0.05) is 59.3 Å². The van der Waals surface area contributed by atoms with E-state index in [0.29, 0.717) is 26.3 Å². The van der Waals surface area contributed by atoms with Gasteiger partial charge in [0.15, 0.2) is 0 Å². The number of nitrogens with zero attached hydrogens (tertiary/aromatic N) is 2. The van der Waals surface area contributed by atoms with Gasteiger partial charge >= 0.3 is 25.0 Å². The molecule has 50 heavy (non-hydrogen) atoms. The summed E-state index contributed by atoms with van der Waals surface area (Å²) in [6.45, 7) is 9.12. The van der Waals surface area contributed by atoms with E-state index in [-0.39, 0.29) is 43.6 Å². The minimum absolute atomic E-state index is 0. The van der Waals surface area contributed by atoms with Crippen LogP contribution in [0.5, 0.6) is 11.5 Å². The van der Waals surface area contributed by atoms with Gasteiger partial charge in [-0.05, 0) is 49.4 Å². The number of anilines is 2. The third-order valence-electron chi connectivity index (χ3n) is 10.7. The molecular formula is C39H52BLiN4O5. The quantitative estimate of drug-likeness (QED) is 0.165. The molecule has 9 nitrogen and oxygen atoms in total. The van der Waals surface area contributed by atoms with Crippen LogP contribution in [0.4, 0.5) is 16.3 Å². The number of carbonyl (C=O) groups excluding carboxylic acids is 1. The standard InChI is InChI=1S/C33H36N4O5.C6H16B.Li/c1-40-25-12-11-24(29(15-25)41-2)16-35-30-27-9-6-10-28(26(27)13-14-34-30)36-20-32-18-33(19-32,22-38)37(21-32)31(39)42-17-23-7-4-3-5-8-23;1-4-7(5-2)6-3;/h3-15,36,38H,16-22H2,1-2H3,(H,34,35);7H,4-6H2,1-3H3;/q;-1;+1. The fourth-order valence-corrected chi connectivity index (χ4v) is 7.61. The van der Waals surface area contributed by atoms with Crippen molar-refractivity contribution >= 4 is 35.1 Å². The molecule has 1 amide bonds. The van der Waals surface area contributed by atoms with Gasteiger partial charge in [-0.15, -0.1) is 0 Å². The van der Waals surface area contributed by atoms with E-state index < -0.39 is 5.54 Å². The Kier molecular flexibility index (Phi) is 13.9. The molecule has 2 bridgehead atoms. The van der Waals surface area contributed by atoms with E-state index in [9.17, 15) is 9.90 Å². The summed E-state index contributed by atoms with van der Waals surface area (Å²) in [6, 6.07) is 23.6. The number of hydrogen-bond acceptors (Lipinski definition) is 8. The topological polar surface area (TPSA) is 105 Å². The van der Waals surface area contributed by atoms with Gasteiger partial charge in [-0.3, -0.25) is 4.90 Å². The number of carbonyl (C=O) groups is 1. The van der Waals surface area contributed by atoms with Gasteiger partial charge in [0.25, 0.3) is 0 Å². The zero-order valence-electron chi connectivity index (χ0n) is 30.8. The van der Waals surface area contributed by atoms with E-state index in [1.165, 1.54) is 19.0 Å². The smallest absolute Gasteiger partial charge is 0.497 e. The molecule has 3 N–H and O–H groups in total. The molecule has 0 radical (unpaired) electrons. The number of aliphatic hydroxyl groups is 1. The van der Waals surface area contributed by atoms with E-state index in [2.05, 4.69) is 48.5 Å². The van der Waals surface area contributed by atoms with Crippen molar-refractivity contribution in [2.75, 3.05) is 44.5 Å². The van der Waals surface area contributed by atoms with Gasteiger partial charge in [-0.25, -0.2) is 9.78 Å². The largest absolute Gasteiger partial charge is 1.00 e. The maximum atomic E-state index is 13.0. The molecule has 3 aromatic carbocycles. The van der Waals surface area contributed by atoms with Gasteiger partial charge in [-0.2, -0.15) is 19.0 Å². The molecule has 2 saturated heterocycles. The Hall–Kier alpha value is -3.84. The fourth-order valence-electron chi connectivity index (χ4n) is 7.61. The maximum Gasteiger partial charge on any atom is 1.00 e. The number of fused-ring (bicyclic) bond motifs is 2. The molecule has 1 saturated carbocycles. The van der Waals surface area contributed by atoms with Gasteiger partial charge < -0.3 is 30.0 Å². The molecule has 2 aliphatic heterocycles. The van der Waals surface area contributed by atoms with E-state index in [1.54, 1.807) is 25.3 Å². The summed E-state index contributed by atoms with van der Waals surface area (Å²) in [5.74, 6) is 2.27. The Morgan fingerprint density at radius 3 is 2.30 bits per heavy atom. The second-order valence-corrected chi connectivity index (χ2v) is 13.9. The number of pyridine rings is 1. The van der Waals surface area contributed by atoms with Crippen LogP contribution in [0, 0.1) is 5.41 Å². The third kappa shape index (κ3) is 8.71. The molecule has 0 unspecified atom stereocenters. The molecule has 0 atom stereocenters. The molecular weight excluding hydrogens is 622 g/mol. The summed E-state index contributed by atoms with van der Waals surface area (Å²) < 4.78 is 16.5. The molecule has 0 spiro atoms. The Morgan fingerprint density at radius 1 is 0.920 bits per heavy atom. The van der Waals surface area contributed by atoms with Crippen LogP contribution in [-0.2, 0) is 17.9 Å². The molecule has 3 heterocycles. The van der Waals surface area contributed by atoms with Crippen molar-refractivity contribution in [1.82, 2.24) is 9.88 Å². The number of benzene rings is 3. The molecule has 11 heteroatoms. The number of rotatable bonds is 14. The summed E-state index contributed by atoms with van der Waals surface area (Å²) >= 11 is 0. The van der Waals surface area contributed by atoms with Crippen LogP contribution in [0.25, 0.3) is 10.8 Å². The number of amides is 1. The first-order chi connectivity index (χ1) is 23.8. The first kappa shape index (κ1) is 39.0. The zero-order valence-corrected chi connectivity index (χ0v) is 30.8. The Bertz CT molecular complexity index is 1680. The van der Waals surface area contributed by atoms with Crippen molar-refractivity contribution in [1.29, 1.82) is 0 Å². The van der Waals surface area contributed by atoms with Gasteiger partial charge in [0.2, 0.25) is 0 Å². The first-order valence-corrected chi connectivity index (χ1v) is 17.8. The van der Waals surface area contributed by atoms with Crippen molar-refractivity contribution in [3.8, 4) is 11.5 Å². The minimum atomic E-state index is -0.544. The summed E-state index contributed by atoms with van der Waals surface area (Å²) in [4.78, 5) is 19.4.